The van der Waals surface area contributed by atoms with Gasteiger partial charge in [0, 0.05) is 6.54 Å². The van der Waals surface area contributed by atoms with Gasteiger partial charge in [-0.05, 0) is 36.8 Å². The van der Waals surface area contributed by atoms with E-state index in [0.29, 0.717) is 30.1 Å². The summed E-state index contributed by atoms with van der Waals surface area (Å²) in [7, 11) is 0. The van der Waals surface area contributed by atoms with Crippen molar-refractivity contribution in [3.8, 4) is 0 Å². The maximum Gasteiger partial charge on any atom is 0.287 e. The largest absolute Gasteiger partial charge is 0.456 e. The molecule has 0 spiro atoms. The summed E-state index contributed by atoms with van der Waals surface area (Å²) in [5.41, 5.74) is 0. The average Bonchev–Trinajstić information content (AvgIpc) is 2.63. The third-order valence-electron chi connectivity index (χ3n) is 3.18. The summed E-state index contributed by atoms with van der Waals surface area (Å²) in [6.45, 7) is 11.3. The Morgan fingerprint density at radius 1 is 1.24 bits per heavy atom. The minimum Gasteiger partial charge on any atom is -0.456 e. The van der Waals surface area contributed by atoms with Crippen LogP contribution in [0, 0.1) is 24.7 Å². The molecule has 0 radical (unpaired) electrons. The van der Waals surface area contributed by atoms with Crippen molar-refractivity contribution >= 4 is 5.91 Å². The predicted octanol–water partition coefficient (Wildman–Crippen LogP) is 3.25. The second-order valence-electron chi connectivity index (χ2n) is 5.27. The summed E-state index contributed by atoms with van der Waals surface area (Å²) in [5.74, 6) is 2.66. The van der Waals surface area contributed by atoms with Gasteiger partial charge in [-0.2, -0.15) is 0 Å². The summed E-state index contributed by atoms with van der Waals surface area (Å²) in [4.78, 5) is 11.8. The van der Waals surface area contributed by atoms with E-state index >= 15 is 0 Å². The Morgan fingerprint density at radius 2 is 1.82 bits per heavy atom. The quantitative estimate of drug-likeness (QED) is 0.854. The third-order valence-corrected chi connectivity index (χ3v) is 3.18. The molecule has 0 aliphatic rings. The number of carbonyl (C=O) groups excluding carboxylic acids is 1. The Kier molecular flexibility index (Phi) is 4.79. The van der Waals surface area contributed by atoms with Gasteiger partial charge in [0.2, 0.25) is 0 Å². The number of nitrogens with one attached hydrogen (secondary N) is 1. The van der Waals surface area contributed by atoms with E-state index in [4.69, 9.17) is 4.42 Å². The highest BCUT2D eigenvalue weighted by Gasteiger charge is 2.19. The highest BCUT2D eigenvalue weighted by molar-refractivity contribution is 5.91. The second-order valence-corrected chi connectivity index (χ2v) is 5.27. The molecule has 96 valence electrons. The van der Waals surface area contributed by atoms with Crippen LogP contribution in [0.15, 0.2) is 16.5 Å². The van der Waals surface area contributed by atoms with Gasteiger partial charge in [-0.25, -0.2) is 0 Å². The van der Waals surface area contributed by atoms with E-state index in [1.54, 1.807) is 12.1 Å². The lowest BCUT2D eigenvalue weighted by atomic mass is 9.85. The first-order valence-electron chi connectivity index (χ1n) is 6.26. The van der Waals surface area contributed by atoms with Crippen molar-refractivity contribution in [3.63, 3.8) is 0 Å². The Balaban J connectivity index is 2.52. The molecule has 1 aromatic heterocycles. The zero-order chi connectivity index (χ0) is 13.0. The molecule has 0 aliphatic carbocycles. The SMILES string of the molecule is Cc1ccc(C(=O)NCC(C(C)C)C(C)C)o1. The van der Waals surface area contributed by atoms with Gasteiger partial charge >= 0.3 is 0 Å². The molecular formula is C14H23NO2. The van der Waals surface area contributed by atoms with E-state index < -0.39 is 0 Å². The van der Waals surface area contributed by atoms with E-state index in [0.717, 1.165) is 5.76 Å². The maximum atomic E-state index is 11.8. The molecule has 1 amide bonds. The van der Waals surface area contributed by atoms with Gasteiger partial charge < -0.3 is 9.73 Å². The molecule has 1 N–H and O–H groups in total. The molecule has 1 aromatic rings. The van der Waals surface area contributed by atoms with Gasteiger partial charge in [-0.3, -0.25) is 4.79 Å². The van der Waals surface area contributed by atoms with Crippen molar-refractivity contribution in [2.24, 2.45) is 17.8 Å². The first-order chi connectivity index (χ1) is 7.91. The lowest BCUT2D eigenvalue weighted by Gasteiger charge is -2.24. The Bertz CT molecular complexity index is 358. The van der Waals surface area contributed by atoms with E-state index in [1.165, 1.54) is 0 Å². The Hall–Kier alpha value is -1.25. The molecule has 0 saturated heterocycles. The van der Waals surface area contributed by atoms with E-state index in [1.807, 2.05) is 6.92 Å². The normalized spacial score (nSPS) is 11.5. The summed E-state index contributed by atoms with van der Waals surface area (Å²) >= 11 is 0. The van der Waals surface area contributed by atoms with Crippen LogP contribution >= 0.6 is 0 Å². The van der Waals surface area contributed by atoms with E-state index in [-0.39, 0.29) is 5.91 Å². The van der Waals surface area contributed by atoms with Crippen LogP contribution in [0.2, 0.25) is 0 Å². The molecular weight excluding hydrogens is 214 g/mol. The van der Waals surface area contributed by atoms with Crippen molar-refractivity contribution in [2.45, 2.75) is 34.6 Å². The fraction of sp³-hybridized carbons (Fsp3) is 0.643. The van der Waals surface area contributed by atoms with Crippen molar-refractivity contribution in [1.82, 2.24) is 5.32 Å². The third kappa shape index (κ3) is 3.91. The van der Waals surface area contributed by atoms with Crippen molar-refractivity contribution in [3.05, 3.63) is 23.7 Å². The lowest BCUT2D eigenvalue weighted by molar-refractivity contribution is 0.0908. The van der Waals surface area contributed by atoms with Gasteiger partial charge in [0.25, 0.3) is 5.91 Å². The van der Waals surface area contributed by atoms with Crippen molar-refractivity contribution in [1.29, 1.82) is 0 Å². The molecule has 0 aromatic carbocycles. The standard InChI is InChI=1S/C14H23NO2/c1-9(2)12(10(3)4)8-15-14(16)13-7-6-11(5)17-13/h6-7,9-10,12H,8H2,1-5H3,(H,15,16). The zero-order valence-corrected chi connectivity index (χ0v) is 11.4. The molecule has 0 aliphatic heterocycles. The van der Waals surface area contributed by atoms with Crippen LogP contribution in [0.5, 0.6) is 0 Å². The lowest BCUT2D eigenvalue weighted by Crippen LogP contribution is -2.33. The Morgan fingerprint density at radius 3 is 2.24 bits per heavy atom. The number of rotatable bonds is 5. The smallest absolute Gasteiger partial charge is 0.287 e. The average molecular weight is 237 g/mol. The Labute approximate surface area is 104 Å². The van der Waals surface area contributed by atoms with Gasteiger partial charge in [0.05, 0.1) is 0 Å². The van der Waals surface area contributed by atoms with Crippen LogP contribution in [-0.4, -0.2) is 12.5 Å². The first-order valence-corrected chi connectivity index (χ1v) is 6.26. The highest BCUT2D eigenvalue weighted by Crippen LogP contribution is 2.19. The van der Waals surface area contributed by atoms with Crippen molar-refractivity contribution < 1.29 is 9.21 Å². The van der Waals surface area contributed by atoms with Crippen LogP contribution in [0.3, 0.4) is 0 Å². The van der Waals surface area contributed by atoms with Crippen LogP contribution in [-0.2, 0) is 0 Å². The first kappa shape index (κ1) is 13.8. The summed E-state index contributed by atoms with van der Waals surface area (Å²) in [6, 6.07) is 3.52. The molecule has 0 saturated carbocycles. The zero-order valence-electron chi connectivity index (χ0n) is 11.4. The van der Waals surface area contributed by atoms with E-state index in [9.17, 15) is 4.79 Å². The van der Waals surface area contributed by atoms with E-state index in [2.05, 4.69) is 33.0 Å². The number of hydrogen-bond acceptors (Lipinski definition) is 2. The molecule has 17 heavy (non-hydrogen) atoms. The van der Waals surface area contributed by atoms with Gasteiger partial charge in [0.15, 0.2) is 5.76 Å². The van der Waals surface area contributed by atoms with Gasteiger partial charge in [0.1, 0.15) is 5.76 Å². The van der Waals surface area contributed by atoms with Crippen LogP contribution in [0.1, 0.15) is 44.0 Å². The van der Waals surface area contributed by atoms with Crippen LogP contribution in [0.25, 0.3) is 0 Å². The number of carbonyl (C=O) groups is 1. The van der Waals surface area contributed by atoms with Crippen molar-refractivity contribution in [2.75, 3.05) is 6.54 Å². The fourth-order valence-corrected chi connectivity index (χ4v) is 2.10. The minimum atomic E-state index is -0.121. The van der Waals surface area contributed by atoms with Crippen LogP contribution in [0.4, 0.5) is 0 Å². The molecule has 0 atom stereocenters. The molecule has 0 bridgehead atoms. The predicted molar refractivity (Wildman–Crippen MR) is 68.9 cm³/mol. The van der Waals surface area contributed by atoms with Crippen LogP contribution < -0.4 is 5.32 Å². The van der Waals surface area contributed by atoms with Gasteiger partial charge in [-0.15, -0.1) is 0 Å². The summed E-state index contributed by atoms with van der Waals surface area (Å²) in [5, 5.41) is 2.94. The highest BCUT2D eigenvalue weighted by atomic mass is 16.3. The number of furan rings is 1. The molecule has 3 nitrogen and oxygen atoms in total. The summed E-state index contributed by atoms with van der Waals surface area (Å²) in [6.07, 6.45) is 0. The molecule has 0 fully saturated rings. The number of hydrogen-bond donors (Lipinski definition) is 1. The molecule has 0 unspecified atom stereocenters. The molecule has 1 heterocycles. The fourth-order valence-electron chi connectivity index (χ4n) is 2.10. The summed E-state index contributed by atoms with van der Waals surface area (Å²) < 4.78 is 5.29. The molecule has 3 heteroatoms. The van der Waals surface area contributed by atoms with Gasteiger partial charge in [-0.1, -0.05) is 27.7 Å². The topological polar surface area (TPSA) is 42.2 Å². The maximum absolute atomic E-state index is 11.8. The number of aryl methyl sites for hydroxylation is 1. The number of amides is 1. The monoisotopic (exact) mass is 237 g/mol. The minimum absolute atomic E-state index is 0.121. The molecule has 1 rings (SSSR count). The second kappa shape index (κ2) is 5.89.